The topological polar surface area (TPSA) is 51.7 Å². The van der Waals surface area contributed by atoms with E-state index >= 15 is 0 Å². The van der Waals surface area contributed by atoms with Crippen LogP contribution in [0.15, 0.2) is 42.5 Å². The van der Waals surface area contributed by atoms with Gasteiger partial charge in [0.1, 0.15) is 11.5 Å². The number of nitrogens with zero attached hydrogens (tertiary/aromatic N) is 2. The van der Waals surface area contributed by atoms with Crippen LogP contribution in [0.25, 0.3) is 10.9 Å². The van der Waals surface area contributed by atoms with Gasteiger partial charge in [-0.2, -0.15) is 0 Å². The molecule has 3 rings (SSSR count). The van der Waals surface area contributed by atoms with Gasteiger partial charge < -0.3 is 14.4 Å². The highest BCUT2D eigenvalue weighted by atomic mass is 16.5. The Morgan fingerprint density at radius 1 is 1.04 bits per heavy atom. The van der Waals surface area contributed by atoms with Gasteiger partial charge in [0, 0.05) is 29.9 Å². The van der Waals surface area contributed by atoms with Crippen LogP contribution >= 0.6 is 0 Å². The average Bonchev–Trinajstić information content (AvgIpc) is 2.63. The van der Waals surface area contributed by atoms with Crippen molar-refractivity contribution < 1.29 is 14.3 Å². The number of rotatable bonds is 5. The number of amides is 1. The molecule has 1 aromatic heterocycles. The maximum Gasteiger partial charge on any atom is 0.264 e. The van der Waals surface area contributed by atoms with Gasteiger partial charge in [-0.15, -0.1) is 0 Å². The average molecular weight is 364 g/mol. The molecule has 0 aliphatic heterocycles. The second-order valence-corrected chi connectivity index (χ2v) is 6.73. The van der Waals surface area contributed by atoms with Crippen molar-refractivity contribution >= 4 is 22.5 Å². The van der Waals surface area contributed by atoms with Crippen LogP contribution in [-0.2, 0) is 4.79 Å². The normalized spacial score (nSPS) is 10.7. The Balaban J connectivity index is 1.82. The van der Waals surface area contributed by atoms with Crippen LogP contribution in [0.5, 0.6) is 11.5 Å². The molecule has 0 saturated carbocycles. The van der Waals surface area contributed by atoms with Crippen LogP contribution in [-0.4, -0.2) is 31.7 Å². The van der Waals surface area contributed by atoms with Crippen molar-refractivity contribution in [2.45, 2.75) is 20.8 Å². The van der Waals surface area contributed by atoms with Crippen LogP contribution in [0.2, 0.25) is 0 Å². The zero-order valence-corrected chi connectivity index (χ0v) is 16.4. The first-order chi connectivity index (χ1) is 12.9. The van der Waals surface area contributed by atoms with Gasteiger partial charge >= 0.3 is 0 Å². The summed E-state index contributed by atoms with van der Waals surface area (Å²) in [6.45, 7) is 5.88. The van der Waals surface area contributed by atoms with Gasteiger partial charge in [-0.05, 0) is 62.2 Å². The van der Waals surface area contributed by atoms with Crippen molar-refractivity contribution in [2.75, 3.05) is 25.7 Å². The fourth-order valence-corrected chi connectivity index (χ4v) is 3.07. The SMILES string of the molecule is COc1ccc2nc(C)cc(OCC(=O)N(C)c3cc(C)cc(C)c3)c2c1. The molecule has 0 N–H and O–H groups in total. The molecule has 0 radical (unpaired) electrons. The number of hydrogen-bond acceptors (Lipinski definition) is 4. The maximum absolute atomic E-state index is 12.6. The molecular weight excluding hydrogens is 340 g/mol. The molecule has 1 heterocycles. The van der Waals surface area contributed by atoms with Gasteiger partial charge in [0.25, 0.3) is 5.91 Å². The molecular formula is C22H24N2O3. The Hall–Kier alpha value is -3.08. The van der Waals surface area contributed by atoms with Crippen LogP contribution in [0.1, 0.15) is 16.8 Å². The van der Waals surface area contributed by atoms with E-state index in [-0.39, 0.29) is 12.5 Å². The first-order valence-electron chi connectivity index (χ1n) is 8.80. The van der Waals surface area contributed by atoms with E-state index in [0.29, 0.717) is 5.75 Å². The highest BCUT2D eigenvalue weighted by Crippen LogP contribution is 2.29. The number of carbonyl (C=O) groups is 1. The third-order valence-corrected chi connectivity index (χ3v) is 4.42. The summed E-state index contributed by atoms with van der Waals surface area (Å²) in [5.74, 6) is 1.22. The lowest BCUT2D eigenvalue weighted by molar-refractivity contribution is -0.120. The first kappa shape index (κ1) is 18.7. The number of methoxy groups -OCH3 is 1. The lowest BCUT2D eigenvalue weighted by Crippen LogP contribution is -2.31. The van der Waals surface area contributed by atoms with Crippen LogP contribution in [0, 0.1) is 20.8 Å². The van der Waals surface area contributed by atoms with Crippen molar-refractivity contribution in [1.82, 2.24) is 4.98 Å². The van der Waals surface area contributed by atoms with E-state index < -0.39 is 0 Å². The van der Waals surface area contributed by atoms with Crippen LogP contribution < -0.4 is 14.4 Å². The second-order valence-electron chi connectivity index (χ2n) is 6.73. The molecule has 0 atom stereocenters. The molecule has 0 saturated heterocycles. The lowest BCUT2D eigenvalue weighted by Gasteiger charge is -2.19. The zero-order chi connectivity index (χ0) is 19.6. The molecule has 5 heteroatoms. The molecule has 0 spiro atoms. The number of hydrogen-bond donors (Lipinski definition) is 0. The van der Waals surface area contributed by atoms with E-state index in [4.69, 9.17) is 9.47 Å². The summed E-state index contributed by atoms with van der Waals surface area (Å²) in [7, 11) is 3.38. The Labute approximate surface area is 159 Å². The second kappa shape index (κ2) is 7.66. The van der Waals surface area contributed by atoms with Gasteiger partial charge in [-0.3, -0.25) is 9.78 Å². The molecule has 5 nitrogen and oxygen atoms in total. The van der Waals surface area contributed by atoms with Gasteiger partial charge in [0.05, 0.1) is 12.6 Å². The van der Waals surface area contributed by atoms with Crippen molar-refractivity contribution in [3.63, 3.8) is 0 Å². The molecule has 3 aromatic rings. The summed E-state index contributed by atoms with van der Waals surface area (Å²) in [6.07, 6.45) is 0. The molecule has 27 heavy (non-hydrogen) atoms. The molecule has 0 fully saturated rings. The molecule has 0 unspecified atom stereocenters. The molecule has 0 aliphatic carbocycles. The molecule has 0 aliphatic rings. The highest BCUT2D eigenvalue weighted by Gasteiger charge is 2.14. The maximum atomic E-state index is 12.6. The number of carbonyl (C=O) groups excluding carboxylic acids is 1. The fourth-order valence-electron chi connectivity index (χ4n) is 3.07. The number of anilines is 1. The van der Waals surface area contributed by atoms with E-state index in [1.54, 1.807) is 19.1 Å². The Bertz CT molecular complexity index is 978. The smallest absolute Gasteiger partial charge is 0.264 e. The number of fused-ring (bicyclic) bond motifs is 1. The molecule has 140 valence electrons. The quantitative estimate of drug-likeness (QED) is 0.680. The van der Waals surface area contributed by atoms with Crippen molar-refractivity contribution in [3.05, 3.63) is 59.3 Å². The Morgan fingerprint density at radius 2 is 1.74 bits per heavy atom. The predicted molar refractivity (Wildman–Crippen MR) is 108 cm³/mol. The largest absolute Gasteiger partial charge is 0.497 e. The van der Waals surface area contributed by atoms with E-state index in [2.05, 4.69) is 11.1 Å². The minimum Gasteiger partial charge on any atom is -0.497 e. The summed E-state index contributed by atoms with van der Waals surface area (Å²) in [6, 6.07) is 13.5. The summed E-state index contributed by atoms with van der Waals surface area (Å²) in [4.78, 5) is 18.8. The van der Waals surface area contributed by atoms with Gasteiger partial charge in [-0.1, -0.05) is 6.07 Å². The summed E-state index contributed by atoms with van der Waals surface area (Å²) in [5, 5.41) is 0.821. The Kier molecular flexibility index (Phi) is 5.31. The Morgan fingerprint density at radius 3 is 2.41 bits per heavy atom. The standard InChI is InChI=1S/C22H24N2O3/c1-14-8-15(2)10-17(9-14)24(4)22(25)13-27-21-11-16(3)23-20-7-6-18(26-5)12-19(20)21/h6-12H,13H2,1-5H3. The summed E-state index contributed by atoms with van der Waals surface area (Å²) in [5.41, 5.74) is 4.74. The molecule has 2 aromatic carbocycles. The third kappa shape index (κ3) is 4.19. The summed E-state index contributed by atoms with van der Waals surface area (Å²) >= 11 is 0. The van der Waals surface area contributed by atoms with Gasteiger partial charge in [0.2, 0.25) is 0 Å². The highest BCUT2D eigenvalue weighted by molar-refractivity contribution is 5.94. The molecule has 1 amide bonds. The fraction of sp³-hybridized carbons (Fsp3) is 0.273. The predicted octanol–water partition coefficient (Wildman–Crippen LogP) is 4.21. The third-order valence-electron chi connectivity index (χ3n) is 4.42. The summed E-state index contributed by atoms with van der Waals surface area (Å²) < 4.78 is 11.2. The van der Waals surface area contributed by atoms with Gasteiger partial charge in [0.15, 0.2) is 6.61 Å². The number of aromatic nitrogens is 1. The van der Waals surface area contributed by atoms with Crippen LogP contribution in [0.3, 0.4) is 0 Å². The monoisotopic (exact) mass is 364 g/mol. The first-order valence-corrected chi connectivity index (χ1v) is 8.80. The minimum atomic E-state index is -0.120. The van der Waals surface area contributed by atoms with E-state index in [1.165, 1.54) is 0 Å². The number of pyridine rings is 1. The van der Waals surface area contributed by atoms with E-state index in [9.17, 15) is 4.79 Å². The minimum absolute atomic E-state index is 0.0563. The number of aryl methyl sites for hydroxylation is 3. The zero-order valence-electron chi connectivity index (χ0n) is 16.4. The lowest BCUT2D eigenvalue weighted by atomic mass is 10.1. The van der Waals surface area contributed by atoms with Crippen molar-refractivity contribution in [2.24, 2.45) is 0 Å². The van der Waals surface area contributed by atoms with E-state index in [0.717, 1.165) is 39.2 Å². The number of ether oxygens (including phenoxy) is 2. The number of likely N-dealkylation sites (N-methyl/N-ethyl adjacent to an activating group) is 1. The van der Waals surface area contributed by atoms with Gasteiger partial charge in [-0.25, -0.2) is 0 Å². The molecule has 0 bridgehead atoms. The van der Waals surface area contributed by atoms with Crippen molar-refractivity contribution in [1.29, 1.82) is 0 Å². The van der Waals surface area contributed by atoms with Crippen molar-refractivity contribution in [3.8, 4) is 11.5 Å². The van der Waals surface area contributed by atoms with Crippen LogP contribution in [0.4, 0.5) is 5.69 Å². The number of benzene rings is 2. The van der Waals surface area contributed by atoms with E-state index in [1.807, 2.05) is 57.2 Å².